The first-order chi connectivity index (χ1) is 13.1. The van der Waals surface area contributed by atoms with Crippen LogP contribution in [0.2, 0.25) is 0 Å². The Morgan fingerprint density at radius 2 is 1.57 bits per heavy atom. The molecule has 0 aliphatic carbocycles. The molecule has 0 radical (unpaired) electrons. The molecule has 0 bridgehead atoms. The van der Waals surface area contributed by atoms with Crippen molar-refractivity contribution in [1.29, 1.82) is 0 Å². The summed E-state index contributed by atoms with van der Waals surface area (Å²) >= 11 is 0. The van der Waals surface area contributed by atoms with Gasteiger partial charge in [0.25, 0.3) is 0 Å². The molecule has 10 heteroatoms. The van der Waals surface area contributed by atoms with Crippen molar-refractivity contribution in [2.75, 3.05) is 13.1 Å². The molecule has 1 aromatic rings. The van der Waals surface area contributed by atoms with E-state index in [1.54, 1.807) is 26.0 Å². The summed E-state index contributed by atoms with van der Waals surface area (Å²) in [6.45, 7) is 2.75. The van der Waals surface area contributed by atoms with Gasteiger partial charge in [0.2, 0.25) is 17.7 Å². The Kier molecular flexibility index (Phi) is 8.89. The SMILES string of the molecule is CC(C)C(N)C(=O)NCC(=O)NCC(=O)NC(Cc1ccc(O)cc1)C(=O)O. The van der Waals surface area contributed by atoms with Crippen molar-refractivity contribution in [2.45, 2.75) is 32.4 Å². The third-order valence-corrected chi connectivity index (χ3v) is 3.90. The Morgan fingerprint density at radius 1 is 1.00 bits per heavy atom. The summed E-state index contributed by atoms with van der Waals surface area (Å²) < 4.78 is 0. The fourth-order valence-corrected chi connectivity index (χ4v) is 2.14. The number of aromatic hydroxyl groups is 1. The molecule has 28 heavy (non-hydrogen) atoms. The molecule has 154 valence electrons. The monoisotopic (exact) mass is 394 g/mol. The third-order valence-electron chi connectivity index (χ3n) is 3.90. The highest BCUT2D eigenvalue weighted by Gasteiger charge is 2.21. The lowest BCUT2D eigenvalue weighted by molar-refractivity contribution is -0.141. The number of rotatable bonds is 10. The van der Waals surface area contributed by atoms with Crippen LogP contribution >= 0.6 is 0 Å². The Balaban J connectivity index is 2.43. The molecular weight excluding hydrogens is 368 g/mol. The summed E-state index contributed by atoms with van der Waals surface area (Å²) in [5, 5.41) is 25.5. The number of nitrogens with two attached hydrogens (primary N) is 1. The van der Waals surface area contributed by atoms with Gasteiger partial charge in [0, 0.05) is 6.42 Å². The van der Waals surface area contributed by atoms with E-state index in [4.69, 9.17) is 5.73 Å². The van der Waals surface area contributed by atoms with Crippen LogP contribution < -0.4 is 21.7 Å². The van der Waals surface area contributed by atoms with E-state index in [2.05, 4.69) is 16.0 Å². The third kappa shape index (κ3) is 8.04. The maximum Gasteiger partial charge on any atom is 0.326 e. The Morgan fingerprint density at radius 3 is 2.11 bits per heavy atom. The van der Waals surface area contributed by atoms with Gasteiger partial charge in [-0.3, -0.25) is 14.4 Å². The van der Waals surface area contributed by atoms with E-state index < -0.39 is 42.3 Å². The summed E-state index contributed by atoms with van der Waals surface area (Å²) in [6.07, 6.45) is 0.0123. The number of nitrogens with one attached hydrogen (secondary N) is 3. The van der Waals surface area contributed by atoms with Gasteiger partial charge in [-0.15, -0.1) is 0 Å². The molecule has 0 aromatic heterocycles. The number of benzene rings is 1. The number of hydrogen-bond donors (Lipinski definition) is 6. The summed E-state index contributed by atoms with van der Waals surface area (Å²) in [4.78, 5) is 46.6. The lowest BCUT2D eigenvalue weighted by Crippen LogP contribution is -2.49. The number of phenolic OH excluding ortho intramolecular Hbond substituents is 1. The largest absolute Gasteiger partial charge is 0.508 e. The van der Waals surface area contributed by atoms with Crippen LogP contribution in [0.25, 0.3) is 0 Å². The first-order valence-corrected chi connectivity index (χ1v) is 8.70. The summed E-state index contributed by atoms with van der Waals surface area (Å²) in [7, 11) is 0. The highest BCUT2D eigenvalue weighted by Crippen LogP contribution is 2.11. The van der Waals surface area contributed by atoms with Crippen LogP contribution in [0.5, 0.6) is 5.75 Å². The van der Waals surface area contributed by atoms with Gasteiger partial charge >= 0.3 is 5.97 Å². The lowest BCUT2D eigenvalue weighted by Gasteiger charge is -2.16. The molecule has 1 aromatic carbocycles. The lowest BCUT2D eigenvalue weighted by atomic mass is 10.1. The maximum atomic E-state index is 11.9. The van der Waals surface area contributed by atoms with Crippen molar-refractivity contribution in [3.63, 3.8) is 0 Å². The molecular formula is C18H26N4O6. The summed E-state index contributed by atoms with van der Waals surface area (Å²) in [5.41, 5.74) is 6.26. The molecule has 2 atom stereocenters. The van der Waals surface area contributed by atoms with Crippen LogP contribution in [-0.2, 0) is 25.6 Å². The van der Waals surface area contributed by atoms with Crippen molar-refractivity contribution >= 4 is 23.7 Å². The summed E-state index contributed by atoms with van der Waals surface area (Å²) in [6, 6.07) is 3.98. The van der Waals surface area contributed by atoms with E-state index in [1.807, 2.05) is 0 Å². The number of carboxylic acids is 1. The fourth-order valence-electron chi connectivity index (χ4n) is 2.14. The van der Waals surface area contributed by atoms with Gasteiger partial charge in [-0.2, -0.15) is 0 Å². The molecule has 3 amide bonds. The van der Waals surface area contributed by atoms with E-state index in [-0.39, 0.29) is 24.6 Å². The van der Waals surface area contributed by atoms with Gasteiger partial charge < -0.3 is 31.9 Å². The quantitative estimate of drug-likeness (QED) is 0.287. The van der Waals surface area contributed by atoms with Crippen LogP contribution in [0.3, 0.4) is 0 Å². The van der Waals surface area contributed by atoms with E-state index in [9.17, 15) is 29.4 Å². The van der Waals surface area contributed by atoms with Crippen LogP contribution in [-0.4, -0.2) is 59.1 Å². The molecule has 0 spiro atoms. The van der Waals surface area contributed by atoms with Crippen molar-refractivity contribution in [3.8, 4) is 5.75 Å². The van der Waals surface area contributed by atoms with E-state index in [0.29, 0.717) is 5.56 Å². The minimum atomic E-state index is -1.23. The topological polar surface area (TPSA) is 171 Å². The predicted molar refractivity (Wildman–Crippen MR) is 100 cm³/mol. The Bertz CT molecular complexity index is 705. The normalized spacial score (nSPS) is 12.7. The Labute approximate surface area is 162 Å². The zero-order valence-corrected chi connectivity index (χ0v) is 15.8. The number of carboxylic acid groups (broad SMARTS) is 1. The predicted octanol–water partition coefficient (Wildman–Crippen LogP) is -1.28. The highest BCUT2D eigenvalue weighted by molar-refractivity contribution is 5.90. The van der Waals surface area contributed by atoms with Crippen molar-refractivity contribution in [1.82, 2.24) is 16.0 Å². The summed E-state index contributed by atoms with van der Waals surface area (Å²) in [5.74, 6) is -3.05. The van der Waals surface area contributed by atoms with Gasteiger partial charge in [-0.05, 0) is 23.6 Å². The zero-order valence-electron chi connectivity index (χ0n) is 15.8. The van der Waals surface area contributed by atoms with Gasteiger partial charge in [-0.25, -0.2) is 4.79 Å². The first-order valence-electron chi connectivity index (χ1n) is 8.70. The molecule has 2 unspecified atom stereocenters. The van der Waals surface area contributed by atoms with Crippen LogP contribution in [0.1, 0.15) is 19.4 Å². The smallest absolute Gasteiger partial charge is 0.326 e. The molecule has 7 N–H and O–H groups in total. The molecule has 0 aliphatic heterocycles. The number of phenols is 1. The maximum absolute atomic E-state index is 11.9. The van der Waals surface area contributed by atoms with Gasteiger partial charge in [0.1, 0.15) is 11.8 Å². The van der Waals surface area contributed by atoms with Crippen molar-refractivity contribution < 1.29 is 29.4 Å². The molecule has 0 saturated carbocycles. The zero-order chi connectivity index (χ0) is 21.3. The van der Waals surface area contributed by atoms with E-state index in [0.717, 1.165) is 0 Å². The highest BCUT2D eigenvalue weighted by atomic mass is 16.4. The van der Waals surface area contributed by atoms with Crippen molar-refractivity contribution in [3.05, 3.63) is 29.8 Å². The number of amides is 3. The average Bonchev–Trinajstić information content (AvgIpc) is 2.64. The molecule has 0 fully saturated rings. The van der Waals surface area contributed by atoms with Crippen LogP contribution in [0.15, 0.2) is 24.3 Å². The van der Waals surface area contributed by atoms with Crippen molar-refractivity contribution in [2.24, 2.45) is 11.7 Å². The molecule has 1 rings (SSSR count). The molecule has 0 heterocycles. The first kappa shape index (κ1) is 22.9. The van der Waals surface area contributed by atoms with Gasteiger partial charge in [0.05, 0.1) is 19.1 Å². The number of carbonyl (C=O) groups is 4. The van der Waals surface area contributed by atoms with Crippen LogP contribution in [0, 0.1) is 5.92 Å². The van der Waals surface area contributed by atoms with E-state index in [1.165, 1.54) is 12.1 Å². The second-order valence-electron chi connectivity index (χ2n) is 6.59. The molecule has 10 nitrogen and oxygen atoms in total. The van der Waals surface area contributed by atoms with Gasteiger partial charge in [-0.1, -0.05) is 26.0 Å². The Hall–Kier alpha value is -3.14. The minimum Gasteiger partial charge on any atom is -0.508 e. The molecule has 0 saturated heterocycles. The fraction of sp³-hybridized carbons (Fsp3) is 0.444. The second-order valence-corrected chi connectivity index (χ2v) is 6.59. The minimum absolute atomic E-state index is 0.0123. The average molecular weight is 394 g/mol. The van der Waals surface area contributed by atoms with E-state index >= 15 is 0 Å². The second kappa shape index (κ2) is 10.9. The number of carbonyl (C=O) groups excluding carboxylic acids is 3. The number of aliphatic carboxylic acids is 1. The molecule has 0 aliphatic rings. The number of hydrogen-bond acceptors (Lipinski definition) is 6. The standard InChI is InChI=1S/C18H26N4O6/c1-10(2)16(19)17(26)21-8-14(24)20-9-15(25)22-13(18(27)28)7-11-3-5-12(23)6-4-11/h3-6,10,13,16,23H,7-9,19H2,1-2H3,(H,20,24)(H,21,26)(H,22,25)(H,27,28). The van der Waals surface area contributed by atoms with Gasteiger partial charge in [0.15, 0.2) is 0 Å². The van der Waals surface area contributed by atoms with Crippen LogP contribution in [0.4, 0.5) is 0 Å².